The van der Waals surface area contributed by atoms with Crippen molar-refractivity contribution in [3.05, 3.63) is 34.9 Å². The van der Waals surface area contributed by atoms with Crippen molar-refractivity contribution < 1.29 is 14.4 Å². The van der Waals surface area contributed by atoms with Gasteiger partial charge in [-0.05, 0) is 31.5 Å². The number of hydrogen-bond acceptors (Lipinski definition) is 4. The minimum Gasteiger partial charge on any atom is -0.346 e. The highest BCUT2D eigenvalue weighted by atomic mass is 35.5. The summed E-state index contributed by atoms with van der Waals surface area (Å²) in [7, 11) is 0. The largest absolute Gasteiger partial charge is 0.346 e. The molecule has 8 heteroatoms. The molecule has 120 valence electrons. The van der Waals surface area contributed by atoms with Gasteiger partial charge in [-0.2, -0.15) is 0 Å². The van der Waals surface area contributed by atoms with Crippen LogP contribution in [0.3, 0.4) is 0 Å². The SMILES string of the molecule is CC(C)NC(=O)C(=O)NNC(=O)CSCc1cccc(Cl)c1. The number of nitrogens with one attached hydrogen (secondary N) is 3. The third-order valence-corrected chi connectivity index (χ3v) is 3.57. The van der Waals surface area contributed by atoms with Gasteiger partial charge in [0.2, 0.25) is 5.91 Å². The van der Waals surface area contributed by atoms with Gasteiger partial charge in [0, 0.05) is 16.8 Å². The Morgan fingerprint density at radius 1 is 1.18 bits per heavy atom. The molecule has 0 unspecified atom stereocenters. The van der Waals surface area contributed by atoms with E-state index >= 15 is 0 Å². The van der Waals surface area contributed by atoms with E-state index in [-0.39, 0.29) is 11.8 Å². The summed E-state index contributed by atoms with van der Waals surface area (Å²) in [5.74, 6) is -1.31. The van der Waals surface area contributed by atoms with Crippen LogP contribution >= 0.6 is 23.4 Å². The lowest BCUT2D eigenvalue weighted by atomic mass is 10.2. The van der Waals surface area contributed by atoms with Gasteiger partial charge in [-0.15, -0.1) is 11.8 Å². The number of amides is 3. The second-order valence-corrected chi connectivity index (χ2v) is 6.18. The molecule has 1 rings (SSSR count). The first-order valence-corrected chi connectivity index (χ1v) is 8.13. The molecule has 0 spiro atoms. The fraction of sp³-hybridized carbons (Fsp3) is 0.357. The van der Waals surface area contributed by atoms with Crippen LogP contribution < -0.4 is 16.2 Å². The van der Waals surface area contributed by atoms with Crippen LogP contribution in [-0.4, -0.2) is 29.5 Å². The highest BCUT2D eigenvalue weighted by molar-refractivity contribution is 7.99. The first-order chi connectivity index (χ1) is 10.4. The molecule has 0 bridgehead atoms. The standard InChI is InChI=1S/C14H18ClN3O3S/c1-9(2)16-13(20)14(21)18-17-12(19)8-22-7-10-4-3-5-11(15)6-10/h3-6,9H,7-8H2,1-2H3,(H,16,20)(H,17,19)(H,18,21). The van der Waals surface area contributed by atoms with Crippen molar-refractivity contribution in [2.24, 2.45) is 0 Å². The van der Waals surface area contributed by atoms with E-state index in [1.807, 2.05) is 18.2 Å². The van der Waals surface area contributed by atoms with Crippen LogP contribution in [0.2, 0.25) is 5.02 Å². The predicted molar refractivity (Wildman–Crippen MR) is 87.2 cm³/mol. The monoisotopic (exact) mass is 343 g/mol. The molecule has 0 aliphatic heterocycles. The Morgan fingerprint density at radius 2 is 1.91 bits per heavy atom. The van der Waals surface area contributed by atoms with Crippen molar-refractivity contribution >= 4 is 41.1 Å². The smallest absolute Gasteiger partial charge is 0.327 e. The van der Waals surface area contributed by atoms with Crippen LogP contribution in [0.1, 0.15) is 19.4 Å². The van der Waals surface area contributed by atoms with Gasteiger partial charge in [-0.1, -0.05) is 23.7 Å². The molecule has 1 aromatic carbocycles. The normalized spacial score (nSPS) is 10.2. The summed E-state index contributed by atoms with van der Waals surface area (Å²) < 4.78 is 0. The predicted octanol–water partition coefficient (Wildman–Crippen LogP) is 1.25. The van der Waals surface area contributed by atoms with Crippen molar-refractivity contribution in [1.29, 1.82) is 0 Å². The fourth-order valence-electron chi connectivity index (χ4n) is 1.44. The Balaban J connectivity index is 2.23. The zero-order chi connectivity index (χ0) is 16.5. The maximum Gasteiger partial charge on any atom is 0.327 e. The van der Waals surface area contributed by atoms with Crippen LogP contribution in [0.4, 0.5) is 0 Å². The summed E-state index contributed by atoms with van der Waals surface area (Å²) in [5, 5.41) is 3.06. The summed E-state index contributed by atoms with van der Waals surface area (Å²) in [6, 6.07) is 7.20. The lowest BCUT2D eigenvalue weighted by Crippen LogP contribution is -2.50. The van der Waals surface area contributed by atoms with E-state index in [0.717, 1.165) is 5.56 Å². The van der Waals surface area contributed by atoms with Gasteiger partial charge in [-0.25, -0.2) is 0 Å². The van der Waals surface area contributed by atoms with Gasteiger partial charge in [-0.3, -0.25) is 25.2 Å². The Labute approximate surface area is 138 Å². The molecule has 0 radical (unpaired) electrons. The molecule has 0 aromatic heterocycles. The van der Waals surface area contributed by atoms with Crippen LogP contribution in [0.5, 0.6) is 0 Å². The zero-order valence-electron chi connectivity index (χ0n) is 12.3. The molecular formula is C14H18ClN3O3S. The molecule has 1 aromatic rings. The summed E-state index contributed by atoms with van der Waals surface area (Å²) in [6.07, 6.45) is 0. The van der Waals surface area contributed by atoms with Gasteiger partial charge in [0.25, 0.3) is 0 Å². The quantitative estimate of drug-likeness (QED) is 0.554. The molecule has 0 aliphatic carbocycles. The Kier molecular flexibility index (Phi) is 7.76. The van der Waals surface area contributed by atoms with E-state index in [1.165, 1.54) is 11.8 Å². The minimum absolute atomic E-state index is 0.151. The maximum atomic E-state index is 11.5. The number of carbonyl (C=O) groups excluding carboxylic acids is 3. The highest BCUT2D eigenvalue weighted by Gasteiger charge is 2.14. The average Bonchev–Trinajstić information content (AvgIpc) is 2.44. The van der Waals surface area contributed by atoms with Crippen molar-refractivity contribution in [3.63, 3.8) is 0 Å². The summed E-state index contributed by atoms with van der Waals surface area (Å²) in [5.41, 5.74) is 5.25. The molecule has 0 aliphatic rings. The molecule has 3 N–H and O–H groups in total. The van der Waals surface area contributed by atoms with E-state index in [4.69, 9.17) is 11.6 Å². The average molecular weight is 344 g/mol. The molecule has 0 heterocycles. The Morgan fingerprint density at radius 3 is 2.55 bits per heavy atom. The van der Waals surface area contributed by atoms with Gasteiger partial charge in [0.1, 0.15) is 0 Å². The number of thioether (sulfide) groups is 1. The Bertz CT molecular complexity index is 552. The van der Waals surface area contributed by atoms with E-state index in [1.54, 1.807) is 19.9 Å². The van der Waals surface area contributed by atoms with Gasteiger partial charge in [0.05, 0.1) is 5.75 Å². The van der Waals surface area contributed by atoms with Gasteiger partial charge < -0.3 is 5.32 Å². The molecule has 0 saturated heterocycles. The molecule has 6 nitrogen and oxygen atoms in total. The second kappa shape index (κ2) is 9.32. The van der Waals surface area contributed by atoms with Gasteiger partial charge >= 0.3 is 11.8 Å². The third-order valence-electron chi connectivity index (χ3n) is 2.33. The lowest BCUT2D eigenvalue weighted by molar-refractivity contribution is -0.141. The number of carbonyl (C=O) groups is 3. The highest BCUT2D eigenvalue weighted by Crippen LogP contribution is 2.16. The number of hydrazine groups is 1. The van der Waals surface area contributed by atoms with E-state index in [9.17, 15) is 14.4 Å². The molecule has 0 saturated carbocycles. The van der Waals surface area contributed by atoms with E-state index < -0.39 is 17.7 Å². The van der Waals surface area contributed by atoms with E-state index in [2.05, 4.69) is 16.2 Å². The van der Waals surface area contributed by atoms with Crippen molar-refractivity contribution in [1.82, 2.24) is 16.2 Å². The fourth-order valence-corrected chi connectivity index (χ4v) is 2.42. The lowest BCUT2D eigenvalue weighted by Gasteiger charge is -2.09. The first kappa shape index (κ1) is 18.3. The number of rotatable bonds is 5. The number of benzene rings is 1. The molecule has 0 atom stereocenters. The van der Waals surface area contributed by atoms with E-state index in [0.29, 0.717) is 10.8 Å². The molecule has 22 heavy (non-hydrogen) atoms. The molecular weight excluding hydrogens is 326 g/mol. The van der Waals surface area contributed by atoms with Crippen LogP contribution in [-0.2, 0) is 20.1 Å². The van der Waals surface area contributed by atoms with Crippen LogP contribution in [0, 0.1) is 0 Å². The van der Waals surface area contributed by atoms with Crippen molar-refractivity contribution in [2.45, 2.75) is 25.6 Å². The summed E-state index contributed by atoms with van der Waals surface area (Å²) >= 11 is 7.23. The Hall–Kier alpha value is -1.73. The minimum atomic E-state index is -0.901. The van der Waals surface area contributed by atoms with Crippen molar-refractivity contribution in [3.8, 4) is 0 Å². The maximum absolute atomic E-state index is 11.5. The van der Waals surface area contributed by atoms with Crippen LogP contribution in [0.25, 0.3) is 0 Å². The summed E-state index contributed by atoms with van der Waals surface area (Å²) in [4.78, 5) is 34.2. The number of hydrogen-bond donors (Lipinski definition) is 3. The van der Waals surface area contributed by atoms with Gasteiger partial charge in [0.15, 0.2) is 0 Å². The zero-order valence-corrected chi connectivity index (χ0v) is 13.9. The molecule has 3 amide bonds. The topological polar surface area (TPSA) is 87.3 Å². The first-order valence-electron chi connectivity index (χ1n) is 6.60. The second-order valence-electron chi connectivity index (χ2n) is 4.75. The van der Waals surface area contributed by atoms with Crippen LogP contribution in [0.15, 0.2) is 24.3 Å². The third kappa shape index (κ3) is 7.33. The molecule has 0 fully saturated rings. The summed E-state index contributed by atoms with van der Waals surface area (Å²) in [6.45, 7) is 3.46. The number of halogens is 1. The van der Waals surface area contributed by atoms with Crippen molar-refractivity contribution in [2.75, 3.05) is 5.75 Å².